The number of amides is 1. The van der Waals surface area contributed by atoms with Gasteiger partial charge in [-0.1, -0.05) is 20.3 Å². The topological polar surface area (TPSA) is 64.8 Å². The van der Waals surface area contributed by atoms with Gasteiger partial charge in [-0.15, -0.1) is 0 Å². The Morgan fingerprint density at radius 2 is 2.05 bits per heavy atom. The van der Waals surface area contributed by atoms with Crippen LogP contribution < -0.4 is 5.73 Å². The van der Waals surface area contributed by atoms with Crippen LogP contribution in [-0.4, -0.2) is 55.4 Å². The van der Waals surface area contributed by atoms with Crippen LogP contribution in [0.4, 0.5) is 0 Å². The fraction of sp³-hybridized carbons (Fsp3) is 0.929. The fourth-order valence-corrected chi connectivity index (χ4v) is 2.79. The third-order valence-electron chi connectivity index (χ3n) is 4.51. The van der Waals surface area contributed by atoms with E-state index < -0.39 is 0 Å². The Labute approximate surface area is 115 Å². The highest BCUT2D eigenvalue weighted by molar-refractivity contribution is 5.82. The van der Waals surface area contributed by atoms with E-state index in [9.17, 15) is 4.79 Å². The van der Waals surface area contributed by atoms with Crippen molar-refractivity contribution in [2.75, 3.05) is 32.9 Å². The molecule has 2 unspecified atom stereocenters. The van der Waals surface area contributed by atoms with Gasteiger partial charge in [0.2, 0.25) is 5.91 Å². The van der Waals surface area contributed by atoms with E-state index in [0.717, 1.165) is 32.5 Å². The molecule has 19 heavy (non-hydrogen) atoms. The Balaban J connectivity index is 1.98. The minimum atomic E-state index is -0.389. The van der Waals surface area contributed by atoms with Gasteiger partial charge >= 0.3 is 0 Å². The molecule has 0 aliphatic carbocycles. The molecule has 2 aliphatic heterocycles. The van der Waals surface area contributed by atoms with Crippen molar-refractivity contribution in [3.05, 3.63) is 0 Å². The van der Waals surface area contributed by atoms with Gasteiger partial charge in [0.1, 0.15) is 0 Å². The van der Waals surface area contributed by atoms with Crippen LogP contribution in [0.3, 0.4) is 0 Å². The lowest BCUT2D eigenvalue weighted by Crippen LogP contribution is -2.59. The van der Waals surface area contributed by atoms with Crippen LogP contribution in [0.5, 0.6) is 0 Å². The second kappa shape index (κ2) is 6.20. The van der Waals surface area contributed by atoms with E-state index in [1.165, 1.54) is 0 Å². The molecule has 110 valence electrons. The number of carbonyl (C=O) groups is 1. The molecule has 2 aliphatic rings. The summed E-state index contributed by atoms with van der Waals surface area (Å²) in [7, 11) is 0. The predicted octanol–water partition coefficient (Wildman–Crippen LogP) is 0.768. The van der Waals surface area contributed by atoms with Crippen LogP contribution in [0.15, 0.2) is 0 Å². The largest absolute Gasteiger partial charge is 0.381 e. The highest BCUT2D eigenvalue weighted by atomic mass is 16.5. The highest BCUT2D eigenvalue weighted by Gasteiger charge is 2.40. The van der Waals surface area contributed by atoms with Gasteiger partial charge in [0.05, 0.1) is 18.2 Å². The number of hydrogen-bond acceptors (Lipinski definition) is 4. The van der Waals surface area contributed by atoms with Gasteiger partial charge in [0, 0.05) is 39.1 Å². The molecule has 2 N–H and O–H groups in total. The zero-order valence-electron chi connectivity index (χ0n) is 12.1. The normalized spacial score (nSPS) is 26.2. The molecule has 0 aromatic heterocycles. The lowest BCUT2D eigenvalue weighted by Gasteiger charge is -2.45. The molecule has 0 aromatic carbocycles. The first-order chi connectivity index (χ1) is 9.08. The minimum absolute atomic E-state index is 0.0727. The summed E-state index contributed by atoms with van der Waals surface area (Å²) in [6.07, 6.45) is 2.67. The Hall–Kier alpha value is -0.650. The van der Waals surface area contributed by atoms with Crippen LogP contribution in [0, 0.1) is 5.92 Å². The van der Waals surface area contributed by atoms with Gasteiger partial charge in [-0.25, -0.2) is 0 Å². The summed E-state index contributed by atoms with van der Waals surface area (Å²) in [6.45, 7) is 7.48. The van der Waals surface area contributed by atoms with Crippen molar-refractivity contribution in [2.24, 2.45) is 11.7 Å². The minimum Gasteiger partial charge on any atom is -0.381 e. The molecule has 0 aromatic rings. The van der Waals surface area contributed by atoms with Crippen LogP contribution in [0.25, 0.3) is 0 Å². The fourth-order valence-electron chi connectivity index (χ4n) is 2.79. The van der Waals surface area contributed by atoms with Crippen LogP contribution in [0.2, 0.25) is 0 Å². The van der Waals surface area contributed by atoms with E-state index >= 15 is 0 Å². The first kappa shape index (κ1) is 14.8. The van der Waals surface area contributed by atoms with E-state index in [1.807, 2.05) is 11.8 Å². The number of rotatable bonds is 3. The number of morpholine rings is 1. The molecule has 2 heterocycles. The first-order valence-electron chi connectivity index (χ1n) is 7.34. The number of hydrogen-bond donors (Lipinski definition) is 1. The summed E-state index contributed by atoms with van der Waals surface area (Å²) in [6, 6.07) is -0.389. The van der Waals surface area contributed by atoms with Crippen LogP contribution in [-0.2, 0) is 14.3 Å². The summed E-state index contributed by atoms with van der Waals surface area (Å²) in [5.41, 5.74) is 5.87. The van der Waals surface area contributed by atoms with Gasteiger partial charge in [-0.3, -0.25) is 4.79 Å². The Morgan fingerprint density at radius 1 is 1.37 bits per heavy atom. The van der Waals surface area contributed by atoms with Gasteiger partial charge < -0.3 is 20.1 Å². The molecule has 5 nitrogen and oxygen atoms in total. The standard InChI is InChI=1S/C14H26N2O3/c1-3-11(2)12(15)13(17)16-6-9-19-14(10-16)4-7-18-8-5-14/h11-12H,3-10,15H2,1-2H3. The van der Waals surface area contributed by atoms with Crippen LogP contribution in [0.1, 0.15) is 33.1 Å². The van der Waals surface area contributed by atoms with Crippen molar-refractivity contribution < 1.29 is 14.3 Å². The maximum absolute atomic E-state index is 12.4. The van der Waals surface area contributed by atoms with Crippen molar-refractivity contribution in [1.82, 2.24) is 4.90 Å². The van der Waals surface area contributed by atoms with Gasteiger partial charge in [-0.05, 0) is 5.92 Å². The molecule has 2 fully saturated rings. The molecule has 1 spiro atoms. The smallest absolute Gasteiger partial charge is 0.239 e. The molecule has 1 amide bonds. The van der Waals surface area contributed by atoms with Crippen molar-refractivity contribution in [2.45, 2.75) is 44.8 Å². The monoisotopic (exact) mass is 270 g/mol. The third kappa shape index (κ3) is 3.27. The average molecular weight is 270 g/mol. The van der Waals surface area contributed by atoms with E-state index in [0.29, 0.717) is 19.7 Å². The maximum Gasteiger partial charge on any atom is 0.239 e. The average Bonchev–Trinajstić information content (AvgIpc) is 2.45. The second-order valence-corrected chi connectivity index (χ2v) is 5.81. The Morgan fingerprint density at radius 3 is 2.68 bits per heavy atom. The highest BCUT2D eigenvalue weighted by Crippen LogP contribution is 2.29. The van der Waals surface area contributed by atoms with Gasteiger partial charge in [0.25, 0.3) is 0 Å². The van der Waals surface area contributed by atoms with Crippen molar-refractivity contribution in [3.8, 4) is 0 Å². The number of nitrogens with zero attached hydrogens (tertiary/aromatic N) is 1. The summed E-state index contributed by atoms with van der Waals surface area (Å²) in [5.74, 6) is 0.296. The van der Waals surface area contributed by atoms with Crippen molar-refractivity contribution >= 4 is 5.91 Å². The summed E-state index contributed by atoms with van der Waals surface area (Å²) >= 11 is 0. The zero-order chi connectivity index (χ0) is 13.9. The Kier molecular flexibility index (Phi) is 4.81. The van der Waals surface area contributed by atoms with Crippen molar-refractivity contribution in [3.63, 3.8) is 0 Å². The second-order valence-electron chi connectivity index (χ2n) is 5.81. The Bertz CT molecular complexity index is 310. The SMILES string of the molecule is CCC(C)C(N)C(=O)N1CCOC2(CCOCC2)C1. The molecular weight excluding hydrogens is 244 g/mol. The lowest BCUT2D eigenvalue weighted by molar-refractivity contribution is -0.169. The van der Waals surface area contributed by atoms with E-state index in [2.05, 4.69) is 6.92 Å². The predicted molar refractivity (Wildman–Crippen MR) is 72.7 cm³/mol. The summed E-state index contributed by atoms with van der Waals surface area (Å²) in [5, 5.41) is 0. The lowest BCUT2D eigenvalue weighted by atomic mass is 9.91. The number of carbonyl (C=O) groups excluding carboxylic acids is 1. The molecule has 0 bridgehead atoms. The van der Waals surface area contributed by atoms with Crippen LogP contribution >= 0.6 is 0 Å². The molecule has 0 radical (unpaired) electrons. The van der Waals surface area contributed by atoms with Crippen molar-refractivity contribution in [1.29, 1.82) is 0 Å². The molecule has 5 heteroatoms. The molecule has 2 rings (SSSR count). The summed E-state index contributed by atoms with van der Waals surface area (Å²) < 4.78 is 11.3. The molecular formula is C14H26N2O3. The van der Waals surface area contributed by atoms with E-state index in [4.69, 9.17) is 15.2 Å². The zero-order valence-corrected chi connectivity index (χ0v) is 12.1. The van der Waals surface area contributed by atoms with E-state index in [1.54, 1.807) is 0 Å². The molecule has 0 saturated carbocycles. The number of ether oxygens (including phenoxy) is 2. The number of nitrogens with two attached hydrogens (primary N) is 1. The molecule has 2 atom stereocenters. The summed E-state index contributed by atoms with van der Waals surface area (Å²) in [4.78, 5) is 14.3. The van der Waals surface area contributed by atoms with Gasteiger partial charge in [-0.2, -0.15) is 0 Å². The maximum atomic E-state index is 12.4. The van der Waals surface area contributed by atoms with E-state index in [-0.39, 0.29) is 23.5 Å². The first-order valence-corrected chi connectivity index (χ1v) is 7.34. The molecule has 2 saturated heterocycles. The van der Waals surface area contributed by atoms with Gasteiger partial charge in [0.15, 0.2) is 0 Å². The third-order valence-corrected chi connectivity index (χ3v) is 4.51. The quantitative estimate of drug-likeness (QED) is 0.822.